The fraction of sp³-hybridized carbons (Fsp3) is 0.600. The van der Waals surface area contributed by atoms with E-state index in [1.54, 1.807) is 0 Å². The summed E-state index contributed by atoms with van der Waals surface area (Å²) in [5.74, 6) is -0.250. The SMILES string of the molecule is CCNc1nc2c(c(C(N)=O)n1)CN(C(=O)OC(C)(C)C)CC2. The highest BCUT2D eigenvalue weighted by Gasteiger charge is 2.29. The van der Waals surface area contributed by atoms with Crippen molar-refractivity contribution in [1.29, 1.82) is 0 Å². The Balaban J connectivity index is 2.29. The van der Waals surface area contributed by atoms with Crippen LogP contribution in [0.5, 0.6) is 0 Å². The van der Waals surface area contributed by atoms with Gasteiger partial charge in [-0.25, -0.2) is 14.8 Å². The van der Waals surface area contributed by atoms with Gasteiger partial charge in [0.05, 0.1) is 12.2 Å². The lowest BCUT2D eigenvalue weighted by molar-refractivity contribution is 0.0221. The molecule has 0 aromatic carbocycles. The van der Waals surface area contributed by atoms with Crippen LogP contribution in [0.15, 0.2) is 0 Å². The molecule has 3 N–H and O–H groups in total. The molecule has 2 heterocycles. The van der Waals surface area contributed by atoms with Crippen molar-refractivity contribution in [3.05, 3.63) is 17.0 Å². The second-order valence-electron chi connectivity index (χ2n) is 6.37. The Bertz CT molecular complexity index is 624. The molecule has 0 bridgehead atoms. The van der Waals surface area contributed by atoms with Gasteiger partial charge in [-0.1, -0.05) is 0 Å². The topological polar surface area (TPSA) is 110 Å². The van der Waals surface area contributed by atoms with Crippen LogP contribution in [0.1, 0.15) is 49.4 Å². The highest BCUT2D eigenvalue weighted by atomic mass is 16.6. The molecule has 0 unspecified atom stereocenters. The second-order valence-corrected chi connectivity index (χ2v) is 6.37. The molecule has 8 heteroatoms. The summed E-state index contributed by atoms with van der Waals surface area (Å²) in [6, 6.07) is 0. The lowest BCUT2D eigenvalue weighted by Crippen LogP contribution is -2.41. The predicted molar refractivity (Wildman–Crippen MR) is 85.1 cm³/mol. The van der Waals surface area contributed by atoms with E-state index in [2.05, 4.69) is 15.3 Å². The first-order valence-corrected chi connectivity index (χ1v) is 7.62. The second kappa shape index (κ2) is 6.39. The molecule has 1 aliphatic heterocycles. The summed E-state index contributed by atoms with van der Waals surface area (Å²) in [6.07, 6.45) is 0.102. The predicted octanol–water partition coefficient (Wildman–Crippen LogP) is 1.30. The quantitative estimate of drug-likeness (QED) is 0.868. The number of nitrogens with two attached hydrogens (primary N) is 1. The minimum atomic E-state index is -0.631. The van der Waals surface area contributed by atoms with Crippen molar-refractivity contribution in [1.82, 2.24) is 14.9 Å². The first kappa shape index (κ1) is 17.0. The molecule has 1 aromatic rings. The molecule has 0 atom stereocenters. The third-order valence-electron chi connectivity index (χ3n) is 3.28. The van der Waals surface area contributed by atoms with Crippen LogP contribution in [0.4, 0.5) is 10.7 Å². The van der Waals surface area contributed by atoms with Crippen molar-refractivity contribution in [2.45, 2.75) is 46.3 Å². The molecule has 0 spiro atoms. The maximum Gasteiger partial charge on any atom is 0.410 e. The summed E-state index contributed by atoms with van der Waals surface area (Å²) in [6.45, 7) is 8.67. The normalized spacial score (nSPS) is 14.2. The lowest BCUT2D eigenvalue weighted by atomic mass is 10.0. The van der Waals surface area contributed by atoms with E-state index < -0.39 is 17.6 Å². The Kier molecular flexibility index (Phi) is 4.72. The third-order valence-corrected chi connectivity index (χ3v) is 3.28. The van der Waals surface area contributed by atoms with E-state index >= 15 is 0 Å². The van der Waals surface area contributed by atoms with Crippen LogP contribution in [0.25, 0.3) is 0 Å². The van der Waals surface area contributed by atoms with Gasteiger partial charge in [0.25, 0.3) is 5.91 Å². The van der Waals surface area contributed by atoms with E-state index in [1.807, 2.05) is 27.7 Å². The first-order valence-electron chi connectivity index (χ1n) is 7.62. The molecule has 23 heavy (non-hydrogen) atoms. The van der Waals surface area contributed by atoms with Gasteiger partial charge in [0.1, 0.15) is 11.3 Å². The van der Waals surface area contributed by atoms with Crippen molar-refractivity contribution in [2.75, 3.05) is 18.4 Å². The number of aromatic nitrogens is 2. The monoisotopic (exact) mass is 321 g/mol. The Labute approximate surface area is 135 Å². The molecular weight excluding hydrogens is 298 g/mol. The van der Waals surface area contributed by atoms with Gasteiger partial charge in [0, 0.05) is 25.1 Å². The average Bonchev–Trinajstić information content (AvgIpc) is 2.44. The van der Waals surface area contributed by atoms with Crippen LogP contribution < -0.4 is 11.1 Å². The van der Waals surface area contributed by atoms with E-state index in [0.29, 0.717) is 31.0 Å². The van der Waals surface area contributed by atoms with Crippen molar-refractivity contribution in [2.24, 2.45) is 5.73 Å². The van der Waals surface area contributed by atoms with E-state index in [-0.39, 0.29) is 12.2 Å². The number of hydrogen-bond donors (Lipinski definition) is 2. The van der Waals surface area contributed by atoms with Gasteiger partial charge in [-0.3, -0.25) is 4.79 Å². The maximum absolute atomic E-state index is 12.2. The number of anilines is 1. The molecule has 0 aliphatic carbocycles. The average molecular weight is 321 g/mol. The lowest BCUT2D eigenvalue weighted by Gasteiger charge is -2.31. The van der Waals surface area contributed by atoms with Gasteiger partial charge in [-0.05, 0) is 27.7 Å². The van der Waals surface area contributed by atoms with Crippen LogP contribution in [0.2, 0.25) is 0 Å². The number of ether oxygens (including phenoxy) is 1. The molecule has 1 aromatic heterocycles. The van der Waals surface area contributed by atoms with Crippen molar-refractivity contribution >= 4 is 17.9 Å². The molecular formula is C15H23N5O3. The fourth-order valence-electron chi connectivity index (χ4n) is 2.34. The number of rotatable bonds is 3. The standard InChI is InChI=1S/C15H23N5O3/c1-5-17-13-18-10-6-7-20(14(22)23-15(2,3)4)8-9(10)11(19-13)12(16)21/h5-8H2,1-4H3,(H2,16,21)(H,17,18,19). The highest BCUT2D eigenvalue weighted by molar-refractivity contribution is 5.93. The summed E-state index contributed by atoms with van der Waals surface area (Å²) in [4.78, 5) is 34.0. The zero-order chi connectivity index (χ0) is 17.2. The highest BCUT2D eigenvalue weighted by Crippen LogP contribution is 2.23. The number of hydrogen-bond acceptors (Lipinski definition) is 6. The van der Waals surface area contributed by atoms with Gasteiger partial charge in [-0.2, -0.15) is 0 Å². The van der Waals surface area contributed by atoms with E-state index in [1.165, 1.54) is 4.90 Å². The largest absolute Gasteiger partial charge is 0.444 e. The van der Waals surface area contributed by atoms with Crippen LogP contribution in [0.3, 0.4) is 0 Å². The molecule has 2 rings (SSSR count). The molecule has 2 amide bonds. The summed E-state index contributed by atoms with van der Waals surface area (Å²) >= 11 is 0. The summed E-state index contributed by atoms with van der Waals surface area (Å²) in [7, 11) is 0. The smallest absolute Gasteiger partial charge is 0.410 e. The number of primary amides is 1. The van der Waals surface area contributed by atoms with Gasteiger partial charge in [0.2, 0.25) is 5.95 Å². The number of carbonyl (C=O) groups is 2. The minimum Gasteiger partial charge on any atom is -0.444 e. The van der Waals surface area contributed by atoms with Crippen LogP contribution in [-0.4, -0.2) is 45.6 Å². The Hall–Kier alpha value is -2.38. The summed E-state index contributed by atoms with van der Waals surface area (Å²) in [5.41, 5.74) is 6.35. The number of amides is 2. The van der Waals surface area contributed by atoms with Crippen LogP contribution in [0, 0.1) is 0 Å². The molecule has 0 saturated heterocycles. The number of fused-ring (bicyclic) bond motifs is 1. The summed E-state index contributed by atoms with van der Waals surface area (Å²) < 4.78 is 5.37. The molecule has 1 aliphatic rings. The van der Waals surface area contributed by atoms with E-state index in [9.17, 15) is 9.59 Å². The summed E-state index contributed by atoms with van der Waals surface area (Å²) in [5, 5.41) is 2.98. The van der Waals surface area contributed by atoms with Gasteiger partial charge in [-0.15, -0.1) is 0 Å². The third kappa shape index (κ3) is 4.08. The number of carbonyl (C=O) groups excluding carboxylic acids is 2. The molecule has 126 valence electrons. The number of nitrogens with zero attached hydrogens (tertiary/aromatic N) is 3. The zero-order valence-corrected chi connectivity index (χ0v) is 14.0. The maximum atomic E-state index is 12.2. The van der Waals surface area contributed by atoms with Crippen molar-refractivity contribution in [3.63, 3.8) is 0 Å². The molecule has 0 saturated carbocycles. The van der Waals surface area contributed by atoms with Gasteiger partial charge < -0.3 is 20.7 Å². The Morgan fingerprint density at radius 2 is 2.04 bits per heavy atom. The van der Waals surface area contributed by atoms with E-state index in [4.69, 9.17) is 10.5 Å². The van der Waals surface area contributed by atoms with Gasteiger partial charge >= 0.3 is 6.09 Å². The Morgan fingerprint density at radius 3 is 2.61 bits per heavy atom. The molecule has 0 radical (unpaired) electrons. The number of nitrogens with one attached hydrogen (secondary N) is 1. The van der Waals surface area contributed by atoms with Crippen molar-refractivity contribution < 1.29 is 14.3 Å². The van der Waals surface area contributed by atoms with E-state index in [0.717, 1.165) is 5.69 Å². The van der Waals surface area contributed by atoms with Crippen LogP contribution >= 0.6 is 0 Å². The molecule has 0 fully saturated rings. The van der Waals surface area contributed by atoms with Crippen molar-refractivity contribution in [3.8, 4) is 0 Å². The Morgan fingerprint density at radius 1 is 1.35 bits per heavy atom. The zero-order valence-electron chi connectivity index (χ0n) is 14.0. The van der Waals surface area contributed by atoms with Gasteiger partial charge in [0.15, 0.2) is 0 Å². The fourth-order valence-corrected chi connectivity index (χ4v) is 2.34. The minimum absolute atomic E-state index is 0.152. The first-order chi connectivity index (χ1) is 10.7. The molecule has 8 nitrogen and oxygen atoms in total. The van der Waals surface area contributed by atoms with Crippen LogP contribution in [-0.2, 0) is 17.7 Å².